The third-order valence-corrected chi connectivity index (χ3v) is 7.07. The fourth-order valence-electron chi connectivity index (χ4n) is 5.13. The Balaban J connectivity index is 1.61. The van der Waals surface area contributed by atoms with Crippen molar-refractivity contribution in [2.45, 2.75) is 44.9 Å². The number of hydrogen-bond acceptors (Lipinski definition) is 8. The maximum atomic E-state index is 13.9. The van der Waals surface area contributed by atoms with Crippen LogP contribution in [0.15, 0.2) is 42.5 Å². The molecule has 0 saturated carbocycles. The molecule has 10 heteroatoms. The predicted octanol–water partition coefficient (Wildman–Crippen LogP) is 3.19. The van der Waals surface area contributed by atoms with E-state index in [4.69, 9.17) is 18.9 Å². The van der Waals surface area contributed by atoms with Crippen LogP contribution in [-0.4, -0.2) is 73.6 Å². The molecule has 39 heavy (non-hydrogen) atoms. The van der Waals surface area contributed by atoms with Gasteiger partial charge in [-0.05, 0) is 37.0 Å². The second-order valence-corrected chi connectivity index (χ2v) is 9.68. The summed E-state index contributed by atoms with van der Waals surface area (Å²) in [7, 11) is 2.95. The molecule has 0 N–H and O–H groups in total. The lowest BCUT2D eigenvalue weighted by Gasteiger charge is -2.29. The van der Waals surface area contributed by atoms with Crippen molar-refractivity contribution >= 4 is 17.8 Å². The van der Waals surface area contributed by atoms with Gasteiger partial charge < -0.3 is 28.7 Å². The predicted molar refractivity (Wildman–Crippen MR) is 140 cm³/mol. The summed E-state index contributed by atoms with van der Waals surface area (Å²) in [5, 5.41) is 9.51. The van der Waals surface area contributed by atoms with E-state index in [1.807, 2.05) is 30.3 Å². The summed E-state index contributed by atoms with van der Waals surface area (Å²) >= 11 is 0. The zero-order valence-corrected chi connectivity index (χ0v) is 22.4. The van der Waals surface area contributed by atoms with Crippen LogP contribution in [0.1, 0.15) is 42.1 Å². The number of carbonyl (C=O) groups excluding carboxylic acids is 3. The fourth-order valence-corrected chi connectivity index (χ4v) is 5.13. The average molecular weight is 536 g/mol. The number of hydrogen-bond donors (Lipinski definition) is 0. The van der Waals surface area contributed by atoms with E-state index >= 15 is 0 Å². The number of methoxy groups -OCH3 is 2. The van der Waals surface area contributed by atoms with E-state index in [9.17, 15) is 19.6 Å². The van der Waals surface area contributed by atoms with Gasteiger partial charge in [0.25, 0.3) is 5.91 Å². The second-order valence-electron chi connectivity index (χ2n) is 9.68. The minimum atomic E-state index is -0.780. The van der Waals surface area contributed by atoms with Gasteiger partial charge in [0.2, 0.25) is 11.7 Å². The van der Waals surface area contributed by atoms with Gasteiger partial charge >= 0.3 is 5.97 Å². The Morgan fingerprint density at radius 3 is 2.36 bits per heavy atom. The maximum Gasteiger partial charge on any atom is 0.302 e. The van der Waals surface area contributed by atoms with Crippen molar-refractivity contribution in [2.24, 2.45) is 5.92 Å². The number of rotatable bonds is 9. The lowest BCUT2D eigenvalue weighted by molar-refractivity contribution is -0.142. The SMILES string of the molecule is COc1cc(C(=O)N2CC(COC(C)=O)CC2C(=O)N2CCCC2C#N)cc(OC)c1OCc1ccccc1. The van der Waals surface area contributed by atoms with E-state index in [0.717, 1.165) is 12.0 Å². The van der Waals surface area contributed by atoms with Gasteiger partial charge in [-0.2, -0.15) is 5.26 Å². The Morgan fingerprint density at radius 2 is 1.74 bits per heavy atom. The van der Waals surface area contributed by atoms with Crippen molar-refractivity contribution in [1.29, 1.82) is 5.26 Å². The van der Waals surface area contributed by atoms with Crippen molar-refractivity contribution in [2.75, 3.05) is 33.9 Å². The number of nitriles is 1. The first-order valence-corrected chi connectivity index (χ1v) is 12.9. The Hall–Kier alpha value is -4.26. The smallest absolute Gasteiger partial charge is 0.302 e. The second kappa shape index (κ2) is 12.5. The first-order valence-electron chi connectivity index (χ1n) is 12.9. The molecule has 2 aliphatic heterocycles. The van der Waals surface area contributed by atoms with Crippen LogP contribution in [0.3, 0.4) is 0 Å². The van der Waals surface area contributed by atoms with Crippen molar-refractivity contribution in [1.82, 2.24) is 9.80 Å². The largest absolute Gasteiger partial charge is 0.493 e. The van der Waals surface area contributed by atoms with E-state index < -0.39 is 24.0 Å². The Bertz CT molecular complexity index is 1220. The van der Waals surface area contributed by atoms with Crippen molar-refractivity contribution in [3.05, 3.63) is 53.6 Å². The Morgan fingerprint density at radius 1 is 1.05 bits per heavy atom. The molecule has 10 nitrogen and oxygen atoms in total. The molecule has 0 radical (unpaired) electrons. The number of esters is 1. The van der Waals surface area contributed by atoms with Gasteiger partial charge in [0.1, 0.15) is 18.7 Å². The topological polar surface area (TPSA) is 118 Å². The molecule has 206 valence electrons. The minimum Gasteiger partial charge on any atom is -0.493 e. The van der Waals surface area contributed by atoms with Crippen LogP contribution in [0.5, 0.6) is 17.2 Å². The van der Waals surface area contributed by atoms with Crippen LogP contribution < -0.4 is 14.2 Å². The zero-order valence-electron chi connectivity index (χ0n) is 22.4. The molecule has 0 spiro atoms. The standard InChI is InChI=1S/C29H33N3O7/c1-19(33)38-18-21-12-24(29(35)31-11-7-10-23(31)15-30)32(16-21)28(34)22-13-25(36-2)27(26(14-22)37-3)39-17-20-8-5-4-6-9-20/h4-6,8-9,13-14,21,23-24H,7,10-12,16-18H2,1-3H3. The fraction of sp³-hybridized carbons (Fsp3) is 0.448. The molecule has 0 aromatic heterocycles. The molecule has 2 heterocycles. The molecule has 0 bridgehead atoms. The highest BCUT2D eigenvalue weighted by molar-refractivity contribution is 5.99. The summed E-state index contributed by atoms with van der Waals surface area (Å²) in [4.78, 5) is 41.9. The lowest BCUT2D eigenvalue weighted by atomic mass is 10.1. The van der Waals surface area contributed by atoms with Crippen molar-refractivity contribution in [3.8, 4) is 23.3 Å². The molecular formula is C29H33N3O7. The molecule has 2 saturated heterocycles. The highest BCUT2D eigenvalue weighted by atomic mass is 16.5. The number of ether oxygens (including phenoxy) is 4. The van der Waals surface area contributed by atoms with Crippen molar-refractivity contribution < 1.29 is 33.3 Å². The van der Waals surface area contributed by atoms with E-state index in [1.54, 1.807) is 17.0 Å². The average Bonchev–Trinajstić information content (AvgIpc) is 3.61. The summed E-state index contributed by atoms with van der Waals surface area (Å²) in [5.74, 6) is -0.305. The Kier molecular flexibility index (Phi) is 8.92. The quantitative estimate of drug-likeness (QED) is 0.449. The first-order chi connectivity index (χ1) is 18.9. The summed E-state index contributed by atoms with van der Waals surface area (Å²) in [6.07, 6.45) is 1.68. The number of likely N-dealkylation sites (tertiary alicyclic amines) is 2. The zero-order chi connectivity index (χ0) is 27.9. The molecule has 3 atom stereocenters. The lowest BCUT2D eigenvalue weighted by Crippen LogP contribution is -2.49. The molecule has 2 amide bonds. The van der Waals surface area contributed by atoms with Crippen LogP contribution >= 0.6 is 0 Å². The molecule has 2 aliphatic rings. The third kappa shape index (κ3) is 6.25. The summed E-state index contributed by atoms with van der Waals surface area (Å²) in [5.41, 5.74) is 1.22. The third-order valence-electron chi connectivity index (χ3n) is 7.07. The van der Waals surface area contributed by atoms with Crippen molar-refractivity contribution in [3.63, 3.8) is 0 Å². The molecule has 4 rings (SSSR count). The summed E-state index contributed by atoms with van der Waals surface area (Å²) in [6, 6.07) is 13.7. The van der Waals surface area contributed by atoms with Crippen LogP contribution in [0.2, 0.25) is 0 Å². The van der Waals surface area contributed by atoms with Gasteiger partial charge in [-0.1, -0.05) is 30.3 Å². The molecular weight excluding hydrogens is 502 g/mol. The van der Waals surface area contributed by atoms with Crippen LogP contribution in [0.25, 0.3) is 0 Å². The van der Waals surface area contributed by atoms with E-state index in [1.165, 1.54) is 26.0 Å². The van der Waals surface area contributed by atoms with Gasteiger partial charge in [-0.15, -0.1) is 0 Å². The number of nitrogens with zero attached hydrogens (tertiary/aromatic N) is 3. The first kappa shape index (κ1) is 27.8. The number of benzene rings is 2. The van der Waals surface area contributed by atoms with Gasteiger partial charge in [0.05, 0.1) is 26.9 Å². The van der Waals surface area contributed by atoms with Gasteiger partial charge in [0.15, 0.2) is 11.5 Å². The minimum absolute atomic E-state index is 0.101. The maximum absolute atomic E-state index is 13.9. The highest BCUT2D eigenvalue weighted by Crippen LogP contribution is 2.40. The summed E-state index contributed by atoms with van der Waals surface area (Å²) in [6.45, 7) is 2.40. The molecule has 3 unspecified atom stereocenters. The van der Waals surface area contributed by atoms with E-state index in [0.29, 0.717) is 36.6 Å². The molecule has 2 aromatic carbocycles. The highest BCUT2D eigenvalue weighted by Gasteiger charge is 2.44. The monoisotopic (exact) mass is 535 g/mol. The van der Waals surface area contributed by atoms with E-state index in [2.05, 4.69) is 6.07 Å². The van der Waals surface area contributed by atoms with Crippen LogP contribution in [0, 0.1) is 17.2 Å². The van der Waals surface area contributed by atoms with Crippen LogP contribution in [0.4, 0.5) is 0 Å². The number of carbonyl (C=O) groups is 3. The number of amides is 2. The van der Waals surface area contributed by atoms with Gasteiger partial charge in [-0.3, -0.25) is 14.4 Å². The molecule has 2 aromatic rings. The van der Waals surface area contributed by atoms with E-state index in [-0.39, 0.29) is 37.1 Å². The molecule has 2 fully saturated rings. The van der Waals surface area contributed by atoms with Crippen LogP contribution in [-0.2, 0) is 20.9 Å². The molecule has 0 aliphatic carbocycles. The Labute approximate surface area is 228 Å². The van der Waals surface area contributed by atoms with Gasteiger partial charge in [-0.25, -0.2) is 0 Å². The normalized spacial score (nSPS) is 20.3. The van der Waals surface area contributed by atoms with Gasteiger partial charge in [0, 0.05) is 31.5 Å². The summed E-state index contributed by atoms with van der Waals surface area (Å²) < 4.78 is 22.3.